The predicted octanol–water partition coefficient (Wildman–Crippen LogP) is 1.85. The number of carbonyl (C=O) groups is 3. The molecule has 0 saturated heterocycles. The Kier molecular flexibility index (Phi) is 3.84. The Bertz CT molecular complexity index is 754. The van der Waals surface area contributed by atoms with Crippen LogP contribution < -0.4 is 5.32 Å². The molecule has 0 spiro atoms. The van der Waals surface area contributed by atoms with Crippen LogP contribution in [0.5, 0.6) is 0 Å². The van der Waals surface area contributed by atoms with Crippen LogP contribution in [-0.4, -0.2) is 34.2 Å². The van der Waals surface area contributed by atoms with E-state index in [4.69, 9.17) is 0 Å². The van der Waals surface area contributed by atoms with Crippen LogP contribution in [0, 0.1) is 5.82 Å². The molecule has 2 heterocycles. The Morgan fingerprint density at radius 3 is 2.30 bits per heavy atom. The van der Waals surface area contributed by atoms with Crippen molar-refractivity contribution in [3.63, 3.8) is 0 Å². The van der Waals surface area contributed by atoms with E-state index in [0.29, 0.717) is 11.1 Å². The Labute approximate surface area is 130 Å². The maximum atomic E-state index is 12.7. The molecular formula is C16H12FN3O3. The number of rotatable bonds is 4. The van der Waals surface area contributed by atoms with Gasteiger partial charge in [-0.15, -0.1) is 0 Å². The van der Waals surface area contributed by atoms with E-state index in [9.17, 15) is 18.8 Å². The zero-order valence-corrected chi connectivity index (χ0v) is 12.0. The molecule has 7 heteroatoms. The van der Waals surface area contributed by atoms with Crippen molar-refractivity contribution in [2.45, 2.75) is 6.42 Å². The summed E-state index contributed by atoms with van der Waals surface area (Å²) in [6, 6.07) is 9.03. The average Bonchev–Trinajstić information content (AvgIpc) is 2.80. The lowest BCUT2D eigenvalue weighted by Crippen LogP contribution is -2.32. The van der Waals surface area contributed by atoms with E-state index in [1.807, 2.05) is 0 Å². The first-order chi connectivity index (χ1) is 11.1. The molecule has 1 N–H and O–H groups in total. The lowest BCUT2D eigenvalue weighted by atomic mass is 10.1. The molecule has 1 aromatic heterocycles. The third-order valence-electron chi connectivity index (χ3n) is 3.44. The molecule has 6 nitrogen and oxygen atoms in total. The van der Waals surface area contributed by atoms with Gasteiger partial charge in [0.2, 0.25) is 5.91 Å². The molecule has 0 fully saturated rings. The quantitative estimate of drug-likeness (QED) is 0.874. The molecule has 1 aliphatic rings. The second kappa shape index (κ2) is 5.96. The van der Waals surface area contributed by atoms with Crippen LogP contribution in [0.2, 0.25) is 0 Å². The highest BCUT2D eigenvalue weighted by atomic mass is 19.1. The Morgan fingerprint density at radius 2 is 1.74 bits per heavy atom. The summed E-state index contributed by atoms with van der Waals surface area (Å²) in [6.07, 6.45) is 0.921. The second-order valence-corrected chi connectivity index (χ2v) is 4.97. The van der Waals surface area contributed by atoms with Gasteiger partial charge in [-0.3, -0.25) is 19.3 Å². The van der Waals surface area contributed by atoms with Gasteiger partial charge in [-0.05, 0) is 24.3 Å². The van der Waals surface area contributed by atoms with Gasteiger partial charge in [-0.2, -0.15) is 0 Å². The molecule has 3 rings (SSSR count). The summed E-state index contributed by atoms with van der Waals surface area (Å²) >= 11 is 0. The minimum atomic E-state index is -0.506. The van der Waals surface area contributed by atoms with Crippen molar-refractivity contribution in [1.29, 1.82) is 0 Å². The fraction of sp³-hybridized carbons (Fsp3) is 0.125. The van der Waals surface area contributed by atoms with E-state index in [0.717, 1.165) is 11.1 Å². The van der Waals surface area contributed by atoms with Crippen LogP contribution in [0.1, 0.15) is 27.1 Å². The molecule has 0 radical (unpaired) electrons. The minimum absolute atomic E-state index is 0.0284. The van der Waals surface area contributed by atoms with Crippen molar-refractivity contribution in [2.75, 3.05) is 11.9 Å². The highest BCUT2D eigenvalue weighted by Gasteiger charge is 2.34. The number of pyridine rings is 1. The second-order valence-electron chi connectivity index (χ2n) is 4.97. The number of nitrogens with one attached hydrogen (secondary N) is 1. The number of aromatic nitrogens is 1. The summed E-state index contributed by atoms with van der Waals surface area (Å²) < 4.78 is 12.7. The van der Waals surface area contributed by atoms with E-state index in [-0.39, 0.29) is 18.8 Å². The minimum Gasteiger partial charge on any atom is -0.311 e. The van der Waals surface area contributed by atoms with Gasteiger partial charge in [-0.25, -0.2) is 9.37 Å². The number of nitrogens with zero attached hydrogens (tertiary/aromatic N) is 2. The summed E-state index contributed by atoms with van der Waals surface area (Å²) in [5.74, 6) is -1.52. The van der Waals surface area contributed by atoms with Crippen molar-refractivity contribution in [3.8, 4) is 0 Å². The van der Waals surface area contributed by atoms with Crippen LogP contribution in [0.4, 0.5) is 10.2 Å². The van der Waals surface area contributed by atoms with E-state index in [1.165, 1.54) is 12.1 Å². The van der Waals surface area contributed by atoms with Crippen molar-refractivity contribution in [1.82, 2.24) is 9.88 Å². The third-order valence-corrected chi connectivity index (χ3v) is 3.44. The summed E-state index contributed by atoms with van der Waals surface area (Å²) in [5.41, 5.74) is 0.691. The molecular weight excluding hydrogens is 301 g/mol. The number of carbonyl (C=O) groups excluding carboxylic acids is 3. The van der Waals surface area contributed by atoms with E-state index < -0.39 is 23.5 Å². The fourth-order valence-electron chi connectivity index (χ4n) is 2.31. The zero-order chi connectivity index (χ0) is 16.4. The van der Waals surface area contributed by atoms with E-state index >= 15 is 0 Å². The monoisotopic (exact) mass is 313 g/mol. The molecule has 0 unspecified atom stereocenters. The largest absolute Gasteiger partial charge is 0.311 e. The van der Waals surface area contributed by atoms with E-state index in [1.54, 1.807) is 24.3 Å². The predicted molar refractivity (Wildman–Crippen MR) is 79.3 cm³/mol. The number of amides is 3. The molecule has 2 aromatic rings. The van der Waals surface area contributed by atoms with Gasteiger partial charge in [0.05, 0.1) is 17.3 Å². The third kappa shape index (κ3) is 2.94. The molecule has 0 atom stereocenters. The summed E-state index contributed by atoms with van der Waals surface area (Å²) in [4.78, 5) is 40.9. The first-order valence-electron chi connectivity index (χ1n) is 6.93. The van der Waals surface area contributed by atoms with Gasteiger partial charge in [0.1, 0.15) is 11.6 Å². The maximum Gasteiger partial charge on any atom is 0.261 e. The number of halogens is 1. The van der Waals surface area contributed by atoms with Crippen molar-refractivity contribution in [3.05, 3.63) is 59.5 Å². The van der Waals surface area contributed by atoms with Gasteiger partial charge < -0.3 is 5.32 Å². The van der Waals surface area contributed by atoms with Crippen LogP contribution in [0.3, 0.4) is 0 Å². The molecule has 0 aliphatic carbocycles. The lowest BCUT2D eigenvalue weighted by Gasteiger charge is -2.13. The highest BCUT2D eigenvalue weighted by Crippen LogP contribution is 2.22. The Hall–Kier alpha value is -3.09. The molecule has 116 valence electrons. The normalized spacial score (nSPS) is 13.2. The number of imide groups is 1. The first-order valence-corrected chi connectivity index (χ1v) is 6.93. The van der Waals surface area contributed by atoms with Crippen LogP contribution in [-0.2, 0) is 4.79 Å². The standard InChI is InChI=1S/C16H12FN3O3/c17-10-5-6-13(18-9-10)19-14(21)7-8-20-15(22)11-3-1-2-4-12(11)16(20)23/h1-6,9H,7-8H2,(H,18,19,21). The summed E-state index contributed by atoms with van der Waals surface area (Å²) in [7, 11) is 0. The summed E-state index contributed by atoms with van der Waals surface area (Å²) in [6.45, 7) is -0.0284. The maximum absolute atomic E-state index is 12.7. The molecule has 23 heavy (non-hydrogen) atoms. The SMILES string of the molecule is O=C(CCN1C(=O)c2ccccc2C1=O)Nc1ccc(F)cn1. The van der Waals surface area contributed by atoms with Crippen molar-refractivity contribution in [2.24, 2.45) is 0 Å². The molecule has 1 aromatic carbocycles. The van der Waals surface area contributed by atoms with Crippen LogP contribution in [0.15, 0.2) is 42.6 Å². The molecule has 0 saturated carbocycles. The highest BCUT2D eigenvalue weighted by molar-refractivity contribution is 6.21. The topological polar surface area (TPSA) is 79.4 Å². The van der Waals surface area contributed by atoms with Gasteiger partial charge in [-0.1, -0.05) is 12.1 Å². The van der Waals surface area contributed by atoms with Gasteiger partial charge >= 0.3 is 0 Å². The van der Waals surface area contributed by atoms with Crippen molar-refractivity contribution >= 4 is 23.5 Å². The molecule has 1 aliphatic heterocycles. The van der Waals surface area contributed by atoms with Gasteiger partial charge in [0, 0.05) is 13.0 Å². The molecule has 3 amide bonds. The number of fused-ring (bicyclic) bond motifs is 1. The lowest BCUT2D eigenvalue weighted by molar-refractivity contribution is -0.116. The van der Waals surface area contributed by atoms with Crippen molar-refractivity contribution < 1.29 is 18.8 Å². The number of hydrogen-bond acceptors (Lipinski definition) is 4. The molecule has 0 bridgehead atoms. The first kappa shape index (κ1) is 14.8. The Balaban J connectivity index is 1.61. The van der Waals surface area contributed by atoms with Gasteiger partial charge in [0.25, 0.3) is 11.8 Å². The van der Waals surface area contributed by atoms with Gasteiger partial charge in [0.15, 0.2) is 0 Å². The number of hydrogen-bond donors (Lipinski definition) is 1. The fourth-order valence-corrected chi connectivity index (χ4v) is 2.31. The zero-order valence-electron chi connectivity index (χ0n) is 12.0. The smallest absolute Gasteiger partial charge is 0.261 e. The summed E-state index contributed by atoms with van der Waals surface area (Å²) in [5, 5.41) is 2.48. The number of anilines is 1. The average molecular weight is 313 g/mol. The Morgan fingerprint density at radius 1 is 1.09 bits per heavy atom. The van der Waals surface area contributed by atoms with E-state index in [2.05, 4.69) is 10.3 Å². The number of benzene rings is 1. The van der Waals surface area contributed by atoms with Crippen LogP contribution in [0.25, 0.3) is 0 Å². The van der Waals surface area contributed by atoms with Crippen LogP contribution >= 0.6 is 0 Å².